The Morgan fingerprint density at radius 2 is 2.35 bits per heavy atom. The quantitative estimate of drug-likeness (QED) is 0.820. The molecule has 104 valence electrons. The lowest BCUT2D eigenvalue weighted by Crippen LogP contribution is -2.27. The number of hydrogen-bond donors (Lipinski definition) is 2. The summed E-state index contributed by atoms with van der Waals surface area (Å²) >= 11 is 0. The van der Waals surface area contributed by atoms with Crippen molar-refractivity contribution in [2.45, 2.75) is 26.3 Å². The summed E-state index contributed by atoms with van der Waals surface area (Å²) in [5, 5.41) is 2.93. The highest BCUT2D eigenvalue weighted by Gasteiger charge is 2.12. The molecule has 0 saturated carbocycles. The number of nitrogens with one attached hydrogen (secondary N) is 2. The fraction of sp³-hybridized carbons (Fsp3) is 0.250. The Bertz CT molecular complexity index is 588. The summed E-state index contributed by atoms with van der Waals surface area (Å²) < 4.78 is 0. The molecule has 0 bridgehead atoms. The van der Waals surface area contributed by atoms with Crippen LogP contribution in [0.15, 0.2) is 42.7 Å². The molecule has 0 aliphatic carbocycles. The van der Waals surface area contributed by atoms with E-state index in [0.717, 1.165) is 17.8 Å². The molecule has 4 heteroatoms. The largest absolute Gasteiger partial charge is 0.347 e. The van der Waals surface area contributed by atoms with E-state index < -0.39 is 0 Å². The Kier molecular flexibility index (Phi) is 4.71. The molecule has 1 amide bonds. The number of carbonyl (C=O) groups excluding carboxylic acids is 1. The van der Waals surface area contributed by atoms with Crippen LogP contribution in [0.3, 0.4) is 0 Å². The van der Waals surface area contributed by atoms with E-state index in [1.807, 2.05) is 44.2 Å². The van der Waals surface area contributed by atoms with Crippen LogP contribution in [0.2, 0.25) is 0 Å². The Hall–Kier alpha value is -2.36. The van der Waals surface area contributed by atoms with Gasteiger partial charge in [-0.1, -0.05) is 36.8 Å². The number of rotatable bonds is 5. The second kappa shape index (κ2) is 6.70. The van der Waals surface area contributed by atoms with Crippen LogP contribution in [0.4, 0.5) is 0 Å². The number of nitrogens with zero attached hydrogens (tertiary/aromatic N) is 1. The minimum absolute atomic E-state index is 0.0836. The number of H-pyrrole nitrogens is 1. The van der Waals surface area contributed by atoms with Crippen LogP contribution in [0, 0.1) is 6.92 Å². The van der Waals surface area contributed by atoms with Crippen molar-refractivity contribution >= 4 is 12.0 Å². The SMILES string of the molecule is CCC(NC(=O)/C=C/c1cccc(C)c1)c1ncc[nH]1. The van der Waals surface area contributed by atoms with Crippen molar-refractivity contribution in [3.63, 3.8) is 0 Å². The summed E-state index contributed by atoms with van der Waals surface area (Å²) in [6.45, 7) is 4.04. The van der Waals surface area contributed by atoms with Crippen LogP contribution < -0.4 is 5.32 Å². The van der Waals surface area contributed by atoms with Crippen LogP contribution in [0.5, 0.6) is 0 Å². The summed E-state index contributed by atoms with van der Waals surface area (Å²) in [4.78, 5) is 19.1. The molecule has 20 heavy (non-hydrogen) atoms. The van der Waals surface area contributed by atoms with Gasteiger partial charge in [-0.05, 0) is 25.0 Å². The molecule has 1 unspecified atom stereocenters. The van der Waals surface area contributed by atoms with Crippen LogP contribution in [-0.2, 0) is 4.79 Å². The summed E-state index contributed by atoms with van der Waals surface area (Å²) in [6, 6.07) is 7.93. The number of aryl methyl sites for hydroxylation is 1. The first kappa shape index (κ1) is 14.1. The van der Waals surface area contributed by atoms with Gasteiger partial charge in [0.2, 0.25) is 5.91 Å². The molecule has 1 atom stereocenters. The highest BCUT2D eigenvalue weighted by Crippen LogP contribution is 2.11. The molecular weight excluding hydrogens is 250 g/mol. The van der Waals surface area contributed by atoms with Gasteiger partial charge in [0, 0.05) is 18.5 Å². The van der Waals surface area contributed by atoms with E-state index in [2.05, 4.69) is 15.3 Å². The lowest BCUT2D eigenvalue weighted by atomic mass is 10.1. The van der Waals surface area contributed by atoms with E-state index in [4.69, 9.17) is 0 Å². The van der Waals surface area contributed by atoms with Crippen LogP contribution in [-0.4, -0.2) is 15.9 Å². The van der Waals surface area contributed by atoms with Crippen molar-refractivity contribution in [1.82, 2.24) is 15.3 Å². The Balaban J connectivity index is 1.98. The second-order valence-electron chi connectivity index (χ2n) is 4.69. The van der Waals surface area contributed by atoms with E-state index >= 15 is 0 Å². The second-order valence-corrected chi connectivity index (χ2v) is 4.69. The van der Waals surface area contributed by atoms with Gasteiger partial charge in [0.15, 0.2) is 0 Å². The molecule has 2 aromatic rings. The minimum Gasteiger partial charge on any atom is -0.347 e. The van der Waals surface area contributed by atoms with Crippen molar-refractivity contribution in [2.75, 3.05) is 0 Å². The molecule has 0 radical (unpaired) electrons. The molecule has 0 aliphatic rings. The van der Waals surface area contributed by atoms with E-state index in [1.165, 1.54) is 5.56 Å². The van der Waals surface area contributed by atoms with Gasteiger partial charge in [-0.15, -0.1) is 0 Å². The number of imidazole rings is 1. The molecule has 2 rings (SSSR count). The third-order valence-electron chi connectivity index (χ3n) is 3.04. The van der Waals surface area contributed by atoms with Crippen LogP contribution in [0.1, 0.15) is 36.3 Å². The van der Waals surface area contributed by atoms with Gasteiger partial charge in [0.25, 0.3) is 0 Å². The standard InChI is InChI=1S/C16H19N3O/c1-3-14(16-17-9-10-18-16)19-15(20)8-7-13-6-4-5-12(2)11-13/h4-11,14H,3H2,1-2H3,(H,17,18)(H,19,20)/b8-7+. The first-order valence-corrected chi connectivity index (χ1v) is 6.73. The highest BCUT2D eigenvalue weighted by atomic mass is 16.1. The summed E-state index contributed by atoms with van der Waals surface area (Å²) in [5.41, 5.74) is 2.20. The first-order chi connectivity index (χ1) is 9.69. The van der Waals surface area contributed by atoms with Gasteiger partial charge in [0.05, 0.1) is 6.04 Å². The zero-order valence-corrected chi connectivity index (χ0v) is 11.8. The van der Waals surface area contributed by atoms with Crippen molar-refractivity contribution in [1.29, 1.82) is 0 Å². The summed E-state index contributed by atoms with van der Waals surface area (Å²) in [7, 11) is 0. The lowest BCUT2D eigenvalue weighted by Gasteiger charge is -2.12. The van der Waals surface area contributed by atoms with Crippen LogP contribution in [0.25, 0.3) is 6.08 Å². The van der Waals surface area contributed by atoms with E-state index in [-0.39, 0.29) is 11.9 Å². The molecule has 2 N–H and O–H groups in total. The van der Waals surface area contributed by atoms with E-state index in [0.29, 0.717) is 0 Å². The molecule has 1 aromatic carbocycles. The topological polar surface area (TPSA) is 57.8 Å². The average molecular weight is 269 g/mol. The number of aromatic nitrogens is 2. The number of carbonyl (C=O) groups is 1. The number of hydrogen-bond acceptors (Lipinski definition) is 2. The molecular formula is C16H19N3O. The van der Waals surface area contributed by atoms with Gasteiger partial charge in [-0.3, -0.25) is 4.79 Å². The predicted molar refractivity (Wildman–Crippen MR) is 80.0 cm³/mol. The van der Waals surface area contributed by atoms with Crippen molar-refractivity contribution < 1.29 is 4.79 Å². The van der Waals surface area contributed by atoms with Gasteiger partial charge < -0.3 is 10.3 Å². The molecule has 1 heterocycles. The molecule has 1 aromatic heterocycles. The number of aromatic amines is 1. The first-order valence-electron chi connectivity index (χ1n) is 6.73. The molecule has 0 spiro atoms. The minimum atomic E-state index is -0.116. The molecule has 0 saturated heterocycles. The Morgan fingerprint density at radius 3 is 3.00 bits per heavy atom. The van der Waals surface area contributed by atoms with Crippen molar-refractivity contribution in [2.24, 2.45) is 0 Å². The lowest BCUT2D eigenvalue weighted by molar-refractivity contribution is -0.117. The average Bonchev–Trinajstić information content (AvgIpc) is 2.96. The maximum absolute atomic E-state index is 11.9. The molecule has 0 fully saturated rings. The predicted octanol–water partition coefficient (Wildman–Crippen LogP) is 3.00. The number of benzene rings is 1. The third-order valence-corrected chi connectivity index (χ3v) is 3.04. The van der Waals surface area contributed by atoms with Gasteiger partial charge >= 0.3 is 0 Å². The van der Waals surface area contributed by atoms with Crippen molar-refractivity contribution in [3.05, 3.63) is 59.7 Å². The number of amides is 1. The monoisotopic (exact) mass is 269 g/mol. The zero-order chi connectivity index (χ0) is 14.4. The fourth-order valence-corrected chi connectivity index (χ4v) is 2.00. The summed E-state index contributed by atoms with van der Waals surface area (Å²) in [5.74, 6) is 0.666. The van der Waals surface area contributed by atoms with Crippen molar-refractivity contribution in [3.8, 4) is 0 Å². The Morgan fingerprint density at radius 1 is 1.50 bits per heavy atom. The normalized spacial score (nSPS) is 12.5. The third kappa shape index (κ3) is 3.82. The highest BCUT2D eigenvalue weighted by molar-refractivity contribution is 5.91. The summed E-state index contributed by atoms with van der Waals surface area (Å²) in [6.07, 6.45) is 7.61. The Labute approximate surface area is 118 Å². The molecule has 4 nitrogen and oxygen atoms in total. The van der Waals surface area contributed by atoms with Gasteiger partial charge in [-0.25, -0.2) is 4.98 Å². The van der Waals surface area contributed by atoms with E-state index in [9.17, 15) is 4.79 Å². The smallest absolute Gasteiger partial charge is 0.244 e. The molecule has 0 aliphatic heterocycles. The van der Waals surface area contributed by atoms with Gasteiger partial charge in [0.1, 0.15) is 5.82 Å². The van der Waals surface area contributed by atoms with Crippen LogP contribution >= 0.6 is 0 Å². The maximum Gasteiger partial charge on any atom is 0.244 e. The fourth-order valence-electron chi connectivity index (χ4n) is 2.00. The zero-order valence-electron chi connectivity index (χ0n) is 11.8. The maximum atomic E-state index is 11.9. The van der Waals surface area contributed by atoms with E-state index in [1.54, 1.807) is 18.5 Å². The van der Waals surface area contributed by atoms with Gasteiger partial charge in [-0.2, -0.15) is 0 Å².